The second kappa shape index (κ2) is 9.14. The molecule has 1 fully saturated rings. The molecular formula is C22H24N6O. The first-order valence-corrected chi connectivity index (χ1v) is 9.84. The van der Waals surface area contributed by atoms with E-state index in [0.717, 1.165) is 49.7 Å². The standard InChI is InChI=1S/C22H24N6O/c29-22(7-6-19-14-23-16-26-19)28-11-3-4-18(15-28)12-17-8-10-25-21(13-17)27-20-5-1-2-9-24-20/h1-2,5-10,13-14,16,18H,3-4,11-12,15H2,(H,23,26)(H,24,25,27)/b7-6+. The number of likely N-dealkylation sites (tertiary alicyclic amines) is 1. The van der Waals surface area contributed by atoms with Crippen molar-refractivity contribution in [2.24, 2.45) is 5.92 Å². The van der Waals surface area contributed by atoms with Crippen molar-refractivity contribution in [3.8, 4) is 0 Å². The molecule has 1 saturated heterocycles. The molecule has 1 aliphatic heterocycles. The van der Waals surface area contributed by atoms with E-state index in [1.807, 2.05) is 35.4 Å². The molecular weight excluding hydrogens is 364 g/mol. The first-order chi connectivity index (χ1) is 14.3. The number of aromatic nitrogens is 4. The minimum atomic E-state index is 0.0523. The number of rotatable bonds is 6. The molecule has 0 aliphatic carbocycles. The molecule has 0 saturated carbocycles. The smallest absolute Gasteiger partial charge is 0.246 e. The summed E-state index contributed by atoms with van der Waals surface area (Å²) in [7, 11) is 0. The van der Waals surface area contributed by atoms with Crippen LogP contribution in [0.3, 0.4) is 0 Å². The average molecular weight is 388 g/mol. The molecule has 0 spiro atoms. The lowest BCUT2D eigenvalue weighted by Crippen LogP contribution is -2.39. The average Bonchev–Trinajstić information content (AvgIpc) is 3.27. The summed E-state index contributed by atoms with van der Waals surface area (Å²) in [6.07, 6.45) is 13.3. The van der Waals surface area contributed by atoms with Crippen molar-refractivity contribution in [2.45, 2.75) is 19.3 Å². The van der Waals surface area contributed by atoms with Gasteiger partial charge in [-0.15, -0.1) is 0 Å². The van der Waals surface area contributed by atoms with Crippen LogP contribution in [0.1, 0.15) is 24.1 Å². The van der Waals surface area contributed by atoms with Crippen molar-refractivity contribution in [3.63, 3.8) is 0 Å². The molecule has 3 aromatic heterocycles. The number of carbonyl (C=O) groups is 1. The molecule has 1 amide bonds. The van der Waals surface area contributed by atoms with E-state index in [4.69, 9.17) is 0 Å². The summed E-state index contributed by atoms with van der Waals surface area (Å²) < 4.78 is 0. The van der Waals surface area contributed by atoms with E-state index in [1.165, 1.54) is 5.56 Å². The minimum Gasteiger partial charge on any atom is -0.345 e. The van der Waals surface area contributed by atoms with Crippen molar-refractivity contribution in [1.82, 2.24) is 24.8 Å². The van der Waals surface area contributed by atoms with E-state index in [-0.39, 0.29) is 5.91 Å². The maximum atomic E-state index is 12.5. The normalized spacial score (nSPS) is 16.8. The number of H-pyrrole nitrogens is 1. The predicted molar refractivity (Wildman–Crippen MR) is 112 cm³/mol. The van der Waals surface area contributed by atoms with Gasteiger partial charge in [-0.1, -0.05) is 6.07 Å². The zero-order chi connectivity index (χ0) is 19.9. The van der Waals surface area contributed by atoms with E-state index in [9.17, 15) is 4.79 Å². The third-order valence-corrected chi connectivity index (χ3v) is 5.03. The quantitative estimate of drug-likeness (QED) is 0.632. The van der Waals surface area contributed by atoms with Gasteiger partial charge in [0.25, 0.3) is 0 Å². The van der Waals surface area contributed by atoms with Crippen LogP contribution in [0.25, 0.3) is 6.08 Å². The van der Waals surface area contributed by atoms with Crippen molar-refractivity contribution in [2.75, 3.05) is 18.4 Å². The van der Waals surface area contributed by atoms with Crippen molar-refractivity contribution >= 4 is 23.6 Å². The first-order valence-electron chi connectivity index (χ1n) is 9.84. The summed E-state index contributed by atoms with van der Waals surface area (Å²) in [4.78, 5) is 30.1. The fourth-order valence-electron chi connectivity index (χ4n) is 3.63. The van der Waals surface area contributed by atoms with E-state index < -0.39 is 0 Å². The Kier molecular flexibility index (Phi) is 5.95. The second-order valence-corrected chi connectivity index (χ2v) is 7.23. The highest BCUT2D eigenvalue weighted by Crippen LogP contribution is 2.22. The van der Waals surface area contributed by atoms with E-state index in [1.54, 1.807) is 30.9 Å². The number of aromatic amines is 1. The Balaban J connectivity index is 1.35. The van der Waals surface area contributed by atoms with Gasteiger partial charge in [-0.25, -0.2) is 15.0 Å². The molecule has 4 heterocycles. The number of imidazole rings is 1. The van der Waals surface area contributed by atoms with Crippen LogP contribution in [-0.4, -0.2) is 43.8 Å². The summed E-state index contributed by atoms with van der Waals surface area (Å²) in [5.41, 5.74) is 2.04. The van der Waals surface area contributed by atoms with Gasteiger partial charge in [0.15, 0.2) is 0 Å². The van der Waals surface area contributed by atoms with Crippen LogP contribution >= 0.6 is 0 Å². The van der Waals surface area contributed by atoms with Gasteiger partial charge in [-0.3, -0.25) is 4.79 Å². The van der Waals surface area contributed by atoms with Gasteiger partial charge < -0.3 is 15.2 Å². The molecule has 0 radical (unpaired) electrons. The molecule has 148 valence electrons. The molecule has 7 heteroatoms. The fourth-order valence-corrected chi connectivity index (χ4v) is 3.63. The Labute approximate surface area is 169 Å². The van der Waals surface area contributed by atoms with Crippen LogP contribution in [-0.2, 0) is 11.2 Å². The number of carbonyl (C=O) groups excluding carboxylic acids is 1. The molecule has 1 aliphatic rings. The molecule has 2 N–H and O–H groups in total. The van der Waals surface area contributed by atoms with E-state index >= 15 is 0 Å². The topological polar surface area (TPSA) is 86.8 Å². The zero-order valence-electron chi connectivity index (χ0n) is 16.2. The van der Waals surface area contributed by atoms with Gasteiger partial charge in [-0.2, -0.15) is 0 Å². The maximum absolute atomic E-state index is 12.5. The van der Waals surface area contributed by atoms with Crippen LogP contribution in [0.15, 0.2) is 61.3 Å². The van der Waals surface area contributed by atoms with Gasteiger partial charge in [0.05, 0.1) is 18.2 Å². The van der Waals surface area contributed by atoms with E-state index in [2.05, 4.69) is 31.3 Å². The zero-order valence-corrected chi connectivity index (χ0v) is 16.2. The van der Waals surface area contributed by atoms with Gasteiger partial charge >= 0.3 is 0 Å². The fraction of sp³-hybridized carbons (Fsp3) is 0.273. The van der Waals surface area contributed by atoms with Crippen LogP contribution in [0, 0.1) is 5.92 Å². The lowest BCUT2D eigenvalue weighted by atomic mass is 9.91. The van der Waals surface area contributed by atoms with Crippen LogP contribution in [0.2, 0.25) is 0 Å². The highest BCUT2D eigenvalue weighted by Gasteiger charge is 2.22. The van der Waals surface area contributed by atoms with Crippen LogP contribution in [0.4, 0.5) is 11.6 Å². The summed E-state index contributed by atoms with van der Waals surface area (Å²) in [5, 5.41) is 3.23. The van der Waals surface area contributed by atoms with Crippen molar-refractivity contribution in [1.29, 1.82) is 0 Å². The van der Waals surface area contributed by atoms with Crippen LogP contribution in [0.5, 0.6) is 0 Å². The Morgan fingerprint density at radius 2 is 2.17 bits per heavy atom. The first kappa shape index (κ1) is 18.9. The number of pyridine rings is 2. The summed E-state index contributed by atoms with van der Waals surface area (Å²) in [6.45, 7) is 1.59. The number of nitrogens with zero attached hydrogens (tertiary/aromatic N) is 4. The SMILES string of the molecule is O=C(/C=C/c1cnc[nH]1)N1CCCC(Cc2ccnc(Nc3ccccn3)c2)C1. The van der Waals surface area contributed by atoms with Gasteiger partial charge in [0.2, 0.25) is 5.91 Å². The Morgan fingerprint density at radius 3 is 3.00 bits per heavy atom. The van der Waals surface area contributed by atoms with Gasteiger partial charge in [-0.05, 0) is 61.1 Å². The molecule has 4 rings (SSSR count). The third kappa shape index (κ3) is 5.28. The Morgan fingerprint density at radius 1 is 1.24 bits per heavy atom. The maximum Gasteiger partial charge on any atom is 0.246 e. The number of hydrogen-bond acceptors (Lipinski definition) is 5. The van der Waals surface area contributed by atoms with Crippen molar-refractivity contribution in [3.05, 3.63) is 72.6 Å². The molecule has 3 aromatic rings. The molecule has 0 bridgehead atoms. The van der Waals surface area contributed by atoms with Crippen molar-refractivity contribution < 1.29 is 4.79 Å². The van der Waals surface area contributed by atoms with E-state index in [0.29, 0.717) is 5.92 Å². The summed E-state index contributed by atoms with van der Waals surface area (Å²) in [6, 6.07) is 9.84. The molecule has 0 aromatic carbocycles. The van der Waals surface area contributed by atoms with Gasteiger partial charge in [0, 0.05) is 31.6 Å². The molecule has 1 unspecified atom stereocenters. The summed E-state index contributed by atoms with van der Waals surface area (Å²) in [5.74, 6) is 2.05. The second-order valence-electron chi connectivity index (χ2n) is 7.23. The number of anilines is 2. The lowest BCUT2D eigenvalue weighted by molar-refractivity contribution is -0.127. The minimum absolute atomic E-state index is 0.0523. The highest BCUT2D eigenvalue weighted by molar-refractivity contribution is 5.91. The number of hydrogen-bond donors (Lipinski definition) is 2. The number of amides is 1. The molecule has 1 atom stereocenters. The number of piperidine rings is 1. The van der Waals surface area contributed by atoms with Gasteiger partial charge in [0.1, 0.15) is 11.6 Å². The third-order valence-electron chi connectivity index (χ3n) is 5.03. The Hall–Kier alpha value is -3.48. The number of nitrogens with one attached hydrogen (secondary N) is 2. The largest absolute Gasteiger partial charge is 0.345 e. The monoisotopic (exact) mass is 388 g/mol. The predicted octanol–water partition coefficient (Wildman–Crippen LogP) is 3.44. The highest BCUT2D eigenvalue weighted by atomic mass is 16.2. The molecule has 7 nitrogen and oxygen atoms in total. The Bertz CT molecular complexity index is 954. The van der Waals surface area contributed by atoms with Crippen LogP contribution < -0.4 is 5.32 Å². The molecule has 29 heavy (non-hydrogen) atoms. The summed E-state index contributed by atoms with van der Waals surface area (Å²) >= 11 is 0. The lowest BCUT2D eigenvalue weighted by Gasteiger charge is -2.32.